The summed E-state index contributed by atoms with van der Waals surface area (Å²) >= 11 is 0. The van der Waals surface area contributed by atoms with Crippen LogP contribution in [0.5, 0.6) is 0 Å². The highest BCUT2D eigenvalue weighted by molar-refractivity contribution is 5.93. The van der Waals surface area contributed by atoms with Crippen LogP contribution >= 0.6 is 0 Å². The van der Waals surface area contributed by atoms with E-state index in [9.17, 15) is 9.59 Å². The first kappa shape index (κ1) is 13.6. The lowest BCUT2D eigenvalue weighted by molar-refractivity contribution is -0.141. The molecule has 0 spiro atoms. The van der Waals surface area contributed by atoms with Gasteiger partial charge in [0.15, 0.2) is 5.76 Å². The van der Waals surface area contributed by atoms with E-state index in [4.69, 9.17) is 9.52 Å². The summed E-state index contributed by atoms with van der Waals surface area (Å²) in [5.41, 5.74) is 0.821. The molecule has 104 valence electrons. The molecule has 1 aliphatic rings. The molecule has 5 nitrogen and oxygen atoms in total. The van der Waals surface area contributed by atoms with E-state index >= 15 is 0 Å². The summed E-state index contributed by atoms with van der Waals surface area (Å²) in [5.74, 6) is -0.227. The van der Waals surface area contributed by atoms with Crippen molar-refractivity contribution in [3.05, 3.63) is 23.2 Å². The van der Waals surface area contributed by atoms with Crippen LogP contribution in [-0.4, -0.2) is 23.0 Å². The van der Waals surface area contributed by atoms with Crippen LogP contribution in [-0.2, 0) is 11.2 Å². The van der Waals surface area contributed by atoms with Gasteiger partial charge in [0.25, 0.3) is 5.91 Å². The SMILES string of the molecule is CCc1cc(C)c(C(=O)N[C@@H]2CC[C@@H](C(=O)O)C2)o1. The van der Waals surface area contributed by atoms with E-state index in [1.807, 2.05) is 19.9 Å². The summed E-state index contributed by atoms with van der Waals surface area (Å²) in [6.07, 6.45) is 2.58. The van der Waals surface area contributed by atoms with E-state index in [0.717, 1.165) is 17.7 Å². The van der Waals surface area contributed by atoms with Crippen LogP contribution in [0.25, 0.3) is 0 Å². The number of carboxylic acids is 1. The summed E-state index contributed by atoms with van der Waals surface area (Å²) in [6, 6.07) is 1.80. The van der Waals surface area contributed by atoms with Gasteiger partial charge < -0.3 is 14.8 Å². The molecule has 1 fully saturated rings. The number of carbonyl (C=O) groups excluding carboxylic acids is 1. The average Bonchev–Trinajstić information content (AvgIpc) is 2.95. The summed E-state index contributed by atoms with van der Waals surface area (Å²) in [7, 11) is 0. The van der Waals surface area contributed by atoms with Crippen LogP contribution in [0, 0.1) is 12.8 Å². The van der Waals surface area contributed by atoms with Crippen LogP contribution < -0.4 is 5.32 Å². The number of hydrogen-bond donors (Lipinski definition) is 2. The molecule has 0 unspecified atom stereocenters. The second-order valence-electron chi connectivity index (χ2n) is 5.10. The Balaban J connectivity index is 1.98. The van der Waals surface area contributed by atoms with Crippen molar-refractivity contribution in [2.24, 2.45) is 5.92 Å². The van der Waals surface area contributed by atoms with Crippen molar-refractivity contribution in [1.82, 2.24) is 5.32 Å². The topological polar surface area (TPSA) is 79.5 Å². The monoisotopic (exact) mass is 265 g/mol. The number of aliphatic carboxylic acids is 1. The second kappa shape index (κ2) is 5.47. The third kappa shape index (κ3) is 2.97. The lowest BCUT2D eigenvalue weighted by atomic mass is 10.1. The molecule has 1 heterocycles. The molecule has 2 atom stereocenters. The number of carboxylic acid groups (broad SMARTS) is 1. The van der Waals surface area contributed by atoms with Crippen LogP contribution in [0.2, 0.25) is 0 Å². The van der Waals surface area contributed by atoms with Gasteiger partial charge in [0.2, 0.25) is 0 Å². The van der Waals surface area contributed by atoms with E-state index in [2.05, 4.69) is 5.32 Å². The van der Waals surface area contributed by atoms with Crippen LogP contribution in [0.4, 0.5) is 0 Å². The molecular weight excluding hydrogens is 246 g/mol. The van der Waals surface area contributed by atoms with Crippen LogP contribution in [0.3, 0.4) is 0 Å². The normalized spacial score (nSPS) is 22.4. The highest BCUT2D eigenvalue weighted by atomic mass is 16.4. The Morgan fingerprint density at radius 2 is 2.21 bits per heavy atom. The maximum absolute atomic E-state index is 12.1. The maximum atomic E-state index is 12.1. The minimum Gasteiger partial charge on any atom is -0.481 e. The minimum atomic E-state index is -0.779. The molecule has 1 aromatic heterocycles. The van der Waals surface area contributed by atoms with E-state index in [1.165, 1.54) is 0 Å². The van der Waals surface area contributed by atoms with E-state index < -0.39 is 5.97 Å². The standard InChI is InChI=1S/C14H19NO4/c1-3-11-6-8(2)12(19-11)13(16)15-10-5-4-9(7-10)14(17)18/h6,9-10H,3-5,7H2,1-2H3,(H,15,16)(H,17,18)/t9-,10-/m1/s1. The molecule has 1 amide bonds. The lowest BCUT2D eigenvalue weighted by Crippen LogP contribution is -2.33. The van der Waals surface area contributed by atoms with Gasteiger partial charge in [-0.1, -0.05) is 6.92 Å². The van der Waals surface area contributed by atoms with Crippen molar-refractivity contribution in [2.75, 3.05) is 0 Å². The highest BCUT2D eigenvalue weighted by Gasteiger charge is 2.31. The summed E-state index contributed by atoms with van der Waals surface area (Å²) in [6.45, 7) is 3.81. The van der Waals surface area contributed by atoms with Gasteiger partial charge in [-0.2, -0.15) is 0 Å². The molecule has 1 saturated carbocycles. The largest absolute Gasteiger partial charge is 0.481 e. The Hall–Kier alpha value is -1.78. The first-order chi connectivity index (χ1) is 9.01. The van der Waals surface area contributed by atoms with Gasteiger partial charge in [-0.15, -0.1) is 0 Å². The summed E-state index contributed by atoms with van der Waals surface area (Å²) in [5, 5.41) is 11.8. The Labute approximate surface area is 112 Å². The molecular formula is C14H19NO4. The number of rotatable bonds is 4. The zero-order chi connectivity index (χ0) is 14.0. The Morgan fingerprint density at radius 3 is 2.74 bits per heavy atom. The zero-order valence-corrected chi connectivity index (χ0v) is 11.2. The first-order valence-electron chi connectivity index (χ1n) is 6.64. The van der Waals surface area contributed by atoms with Crippen molar-refractivity contribution >= 4 is 11.9 Å². The van der Waals surface area contributed by atoms with E-state index in [1.54, 1.807) is 0 Å². The van der Waals surface area contributed by atoms with Gasteiger partial charge in [0, 0.05) is 18.0 Å². The van der Waals surface area contributed by atoms with Crippen molar-refractivity contribution in [3.63, 3.8) is 0 Å². The number of carbonyl (C=O) groups is 2. The van der Waals surface area contributed by atoms with Gasteiger partial charge in [-0.05, 0) is 32.3 Å². The number of amides is 1. The summed E-state index contributed by atoms with van der Waals surface area (Å²) < 4.78 is 5.48. The lowest BCUT2D eigenvalue weighted by Gasteiger charge is -2.11. The Morgan fingerprint density at radius 1 is 1.47 bits per heavy atom. The predicted molar refractivity (Wildman–Crippen MR) is 69.1 cm³/mol. The van der Waals surface area contributed by atoms with Crippen molar-refractivity contribution in [3.8, 4) is 0 Å². The second-order valence-corrected chi connectivity index (χ2v) is 5.10. The van der Waals surface area contributed by atoms with E-state index in [0.29, 0.717) is 25.0 Å². The average molecular weight is 265 g/mol. The molecule has 19 heavy (non-hydrogen) atoms. The van der Waals surface area contributed by atoms with Crippen molar-refractivity contribution in [1.29, 1.82) is 0 Å². The third-order valence-electron chi connectivity index (χ3n) is 3.64. The highest BCUT2D eigenvalue weighted by Crippen LogP contribution is 2.26. The molecule has 1 aliphatic carbocycles. The Kier molecular flexibility index (Phi) is 3.93. The van der Waals surface area contributed by atoms with Gasteiger partial charge >= 0.3 is 5.97 Å². The fourth-order valence-electron chi connectivity index (χ4n) is 2.54. The summed E-state index contributed by atoms with van der Waals surface area (Å²) in [4.78, 5) is 22.9. The molecule has 0 aliphatic heterocycles. The molecule has 1 aromatic rings. The number of aryl methyl sites for hydroxylation is 2. The smallest absolute Gasteiger partial charge is 0.306 e. The van der Waals surface area contributed by atoms with Crippen molar-refractivity contribution < 1.29 is 19.1 Å². The number of nitrogens with one attached hydrogen (secondary N) is 1. The molecule has 2 rings (SSSR count). The van der Waals surface area contributed by atoms with Crippen LogP contribution in [0.15, 0.2) is 10.5 Å². The molecule has 0 bridgehead atoms. The molecule has 2 N–H and O–H groups in total. The Bertz CT molecular complexity index is 492. The third-order valence-corrected chi connectivity index (χ3v) is 3.64. The van der Waals surface area contributed by atoms with Gasteiger partial charge in [0.05, 0.1) is 5.92 Å². The molecule has 0 aromatic carbocycles. The fraction of sp³-hybridized carbons (Fsp3) is 0.571. The predicted octanol–water partition coefficient (Wildman–Crippen LogP) is 2.13. The van der Waals surface area contributed by atoms with E-state index in [-0.39, 0.29) is 17.9 Å². The van der Waals surface area contributed by atoms with Gasteiger partial charge in [0.1, 0.15) is 5.76 Å². The number of hydrogen-bond acceptors (Lipinski definition) is 3. The first-order valence-corrected chi connectivity index (χ1v) is 6.64. The van der Waals surface area contributed by atoms with Gasteiger partial charge in [-0.25, -0.2) is 0 Å². The van der Waals surface area contributed by atoms with Crippen LogP contribution in [0.1, 0.15) is 48.1 Å². The molecule has 5 heteroatoms. The van der Waals surface area contributed by atoms with Gasteiger partial charge in [-0.3, -0.25) is 9.59 Å². The van der Waals surface area contributed by atoms with Crippen molar-refractivity contribution in [2.45, 2.75) is 45.6 Å². The zero-order valence-electron chi connectivity index (χ0n) is 11.2. The molecule has 0 saturated heterocycles. The number of furan rings is 1. The molecule has 0 radical (unpaired) electrons. The quantitative estimate of drug-likeness (QED) is 0.874. The fourth-order valence-corrected chi connectivity index (χ4v) is 2.54. The minimum absolute atomic E-state index is 0.0665. The maximum Gasteiger partial charge on any atom is 0.306 e.